The van der Waals surface area contributed by atoms with Gasteiger partial charge in [-0.15, -0.1) is 0 Å². The van der Waals surface area contributed by atoms with E-state index < -0.39 is 0 Å². The van der Waals surface area contributed by atoms with Crippen LogP contribution in [0.2, 0.25) is 0 Å². The molecule has 1 aliphatic rings. The van der Waals surface area contributed by atoms with Crippen LogP contribution in [0.25, 0.3) is 0 Å². The zero-order chi connectivity index (χ0) is 14.4. The third kappa shape index (κ3) is 3.74. The molecule has 2 rings (SSSR count). The van der Waals surface area contributed by atoms with E-state index in [-0.39, 0.29) is 6.04 Å². The fraction of sp³-hybridized carbons (Fsp3) is 0.647. The lowest BCUT2D eigenvalue weighted by molar-refractivity contribution is 0.145. The van der Waals surface area contributed by atoms with Gasteiger partial charge in [-0.05, 0) is 30.7 Å². The Hall–Kier alpha value is -1.06. The molecule has 1 aromatic carbocycles. The smallest absolute Gasteiger partial charge is 0.124 e. The maximum Gasteiger partial charge on any atom is 0.124 e. The summed E-state index contributed by atoms with van der Waals surface area (Å²) in [5.74, 6) is 2.36. The molecule has 0 spiro atoms. The number of methoxy groups -OCH3 is 1. The van der Waals surface area contributed by atoms with E-state index in [1.54, 1.807) is 7.11 Å². The number of para-hydroxylation sites is 1. The highest BCUT2D eigenvalue weighted by atomic mass is 16.5. The average Bonchev–Trinajstić information content (AvgIpc) is 2.96. The number of ether oxygens (including phenoxy) is 2. The van der Waals surface area contributed by atoms with Crippen LogP contribution in [0.15, 0.2) is 24.3 Å². The molecule has 1 fully saturated rings. The van der Waals surface area contributed by atoms with Gasteiger partial charge in [0.1, 0.15) is 12.4 Å². The van der Waals surface area contributed by atoms with Crippen LogP contribution in [-0.2, 0) is 4.74 Å². The maximum atomic E-state index is 6.51. The summed E-state index contributed by atoms with van der Waals surface area (Å²) in [6.45, 7) is 3.45. The highest BCUT2D eigenvalue weighted by Crippen LogP contribution is 2.41. The molecular weight excluding hydrogens is 250 g/mol. The molecule has 1 aliphatic carbocycles. The molecule has 0 radical (unpaired) electrons. The van der Waals surface area contributed by atoms with Crippen molar-refractivity contribution in [2.24, 2.45) is 17.6 Å². The van der Waals surface area contributed by atoms with Crippen molar-refractivity contribution >= 4 is 0 Å². The van der Waals surface area contributed by atoms with E-state index in [9.17, 15) is 0 Å². The lowest BCUT2D eigenvalue weighted by atomic mass is 9.90. The summed E-state index contributed by atoms with van der Waals surface area (Å²) in [6, 6.07) is 8.25. The van der Waals surface area contributed by atoms with Crippen molar-refractivity contribution in [1.82, 2.24) is 0 Å². The monoisotopic (exact) mass is 277 g/mol. The van der Waals surface area contributed by atoms with E-state index in [2.05, 4.69) is 13.0 Å². The van der Waals surface area contributed by atoms with Crippen molar-refractivity contribution < 1.29 is 9.47 Å². The van der Waals surface area contributed by atoms with Crippen molar-refractivity contribution in [3.05, 3.63) is 29.8 Å². The van der Waals surface area contributed by atoms with E-state index >= 15 is 0 Å². The van der Waals surface area contributed by atoms with E-state index in [1.165, 1.54) is 25.7 Å². The Balaban J connectivity index is 2.03. The Labute approximate surface area is 122 Å². The first-order valence-electron chi connectivity index (χ1n) is 7.72. The maximum absolute atomic E-state index is 6.51. The number of hydrogen-bond acceptors (Lipinski definition) is 3. The zero-order valence-electron chi connectivity index (χ0n) is 12.7. The van der Waals surface area contributed by atoms with Gasteiger partial charge in [-0.1, -0.05) is 38.0 Å². The zero-order valence-corrected chi connectivity index (χ0v) is 12.7. The molecule has 1 saturated carbocycles. The summed E-state index contributed by atoms with van der Waals surface area (Å²) in [4.78, 5) is 0. The first-order chi connectivity index (χ1) is 9.76. The van der Waals surface area contributed by atoms with E-state index in [0.717, 1.165) is 17.2 Å². The number of rotatable bonds is 7. The van der Waals surface area contributed by atoms with Gasteiger partial charge in [-0.2, -0.15) is 0 Å². The van der Waals surface area contributed by atoms with Gasteiger partial charge in [0.25, 0.3) is 0 Å². The van der Waals surface area contributed by atoms with Gasteiger partial charge < -0.3 is 15.2 Å². The van der Waals surface area contributed by atoms with E-state index in [4.69, 9.17) is 15.2 Å². The SMILES string of the molecule is CCC1CCC(C(N)c2ccccc2OCCOC)C1. The van der Waals surface area contributed by atoms with E-state index in [1.807, 2.05) is 18.2 Å². The number of hydrogen-bond donors (Lipinski definition) is 1. The van der Waals surface area contributed by atoms with Crippen molar-refractivity contribution in [3.63, 3.8) is 0 Å². The van der Waals surface area contributed by atoms with Gasteiger partial charge in [0.2, 0.25) is 0 Å². The predicted molar refractivity (Wildman–Crippen MR) is 81.9 cm³/mol. The summed E-state index contributed by atoms with van der Waals surface area (Å²) in [5.41, 5.74) is 7.65. The van der Waals surface area contributed by atoms with Gasteiger partial charge >= 0.3 is 0 Å². The van der Waals surface area contributed by atoms with Gasteiger partial charge in [0.05, 0.1) is 6.61 Å². The molecule has 3 heteroatoms. The van der Waals surface area contributed by atoms with Crippen molar-refractivity contribution in [2.75, 3.05) is 20.3 Å². The molecule has 3 atom stereocenters. The molecule has 1 aromatic rings. The first kappa shape index (κ1) is 15.3. The third-order valence-corrected chi connectivity index (χ3v) is 4.49. The van der Waals surface area contributed by atoms with E-state index in [0.29, 0.717) is 19.1 Å². The Bertz CT molecular complexity index is 408. The molecular formula is C17H27NO2. The number of nitrogens with two attached hydrogens (primary N) is 1. The Morgan fingerprint density at radius 1 is 1.25 bits per heavy atom. The van der Waals surface area contributed by atoms with Crippen LogP contribution in [0.4, 0.5) is 0 Å². The minimum absolute atomic E-state index is 0.0882. The molecule has 0 aliphatic heterocycles. The molecule has 112 valence electrons. The van der Waals surface area contributed by atoms with Gasteiger partial charge in [0, 0.05) is 18.7 Å². The topological polar surface area (TPSA) is 44.5 Å². The van der Waals surface area contributed by atoms with Crippen LogP contribution >= 0.6 is 0 Å². The molecule has 0 amide bonds. The van der Waals surface area contributed by atoms with Crippen LogP contribution in [0.5, 0.6) is 5.75 Å². The highest BCUT2D eigenvalue weighted by molar-refractivity contribution is 5.36. The Morgan fingerprint density at radius 3 is 2.75 bits per heavy atom. The minimum Gasteiger partial charge on any atom is -0.491 e. The first-order valence-corrected chi connectivity index (χ1v) is 7.72. The summed E-state index contributed by atoms with van der Waals surface area (Å²) in [7, 11) is 1.68. The lowest BCUT2D eigenvalue weighted by Gasteiger charge is -2.22. The van der Waals surface area contributed by atoms with Crippen molar-refractivity contribution in [1.29, 1.82) is 0 Å². The van der Waals surface area contributed by atoms with Crippen LogP contribution < -0.4 is 10.5 Å². The van der Waals surface area contributed by atoms with Crippen molar-refractivity contribution in [3.8, 4) is 5.75 Å². The summed E-state index contributed by atoms with van der Waals surface area (Å²) >= 11 is 0. The summed E-state index contributed by atoms with van der Waals surface area (Å²) < 4.78 is 10.8. The quantitative estimate of drug-likeness (QED) is 0.775. The molecule has 20 heavy (non-hydrogen) atoms. The molecule has 0 aromatic heterocycles. The molecule has 3 nitrogen and oxygen atoms in total. The average molecular weight is 277 g/mol. The minimum atomic E-state index is 0.0882. The van der Waals surface area contributed by atoms with Crippen LogP contribution in [0.3, 0.4) is 0 Å². The van der Waals surface area contributed by atoms with Crippen LogP contribution in [0, 0.1) is 11.8 Å². The van der Waals surface area contributed by atoms with Crippen molar-refractivity contribution in [2.45, 2.75) is 38.6 Å². The Kier molecular flexibility index (Phi) is 5.86. The van der Waals surface area contributed by atoms with Crippen LogP contribution in [0.1, 0.15) is 44.2 Å². The fourth-order valence-electron chi connectivity index (χ4n) is 3.19. The second-order valence-electron chi connectivity index (χ2n) is 5.75. The summed E-state index contributed by atoms with van der Waals surface area (Å²) in [5, 5.41) is 0. The van der Waals surface area contributed by atoms with Gasteiger partial charge in [-0.25, -0.2) is 0 Å². The second-order valence-corrected chi connectivity index (χ2v) is 5.75. The van der Waals surface area contributed by atoms with Crippen LogP contribution in [-0.4, -0.2) is 20.3 Å². The molecule has 0 bridgehead atoms. The number of benzene rings is 1. The molecule has 0 heterocycles. The summed E-state index contributed by atoms with van der Waals surface area (Å²) in [6.07, 6.45) is 5.09. The standard InChI is InChI=1S/C17H27NO2/c1-3-13-8-9-14(12-13)17(18)15-6-4-5-7-16(15)20-11-10-19-2/h4-7,13-14,17H,3,8-12,18H2,1-2H3. The fourth-order valence-corrected chi connectivity index (χ4v) is 3.19. The highest BCUT2D eigenvalue weighted by Gasteiger charge is 2.30. The predicted octanol–water partition coefficient (Wildman–Crippen LogP) is 3.54. The molecule has 0 saturated heterocycles. The lowest BCUT2D eigenvalue weighted by Crippen LogP contribution is -2.21. The van der Waals surface area contributed by atoms with Gasteiger partial charge in [-0.3, -0.25) is 0 Å². The molecule has 2 N–H and O–H groups in total. The third-order valence-electron chi connectivity index (χ3n) is 4.49. The normalized spacial score (nSPS) is 23.8. The largest absolute Gasteiger partial charge is 0.491 e. The molecule has 3 unspecified atom stereocenters. The second kappa shape index (κ2) is 7.65. The van der Waals surface area contributed by atoms with Gasteiger partial charge in [0.15, 0.2) is 0 Å². The Morgan fingerprint density at radius 2 is 2.05 bits per heavy atom.